The van der Waals surface area contributed by atoms with E-state index >= 15 is 0 Å². The summed E-state index contributed by atoms with van der Waals surface area (Å²) in [6, 6.07) is 16.2. The number of rotatable bonds is 11. The van der Waals surface area contributed by atoms with Gasteiger partial charge in [0.05, 0.1) is 10.6 Å². The molecule has 0 bridgehead atoms. The predicted octanol–water partition coefficient (Wildman–Crippen LogP) is 5.27. The number of nitrogens with one attached hydrogen (secondary N) is 1. The molecule has 0 saturated carbocycles. The smallest absolute Gasteiger partial charge is 0.264 e. The van der Waals surface area contributed by atoms with Crippen LogP contribution in [0.5, 0.6) is 0 Å². The largest absolute Gasteiger partial charge is 0.354 e. The van der Waals surface area contributed by atoms with Crippen LogP contribution in [0.2, 0.25) is 10.0 Å². The number of carbonyl (C=O) groups excluding carboxylic acids is 2. The summed E-state index contributed by atoms with van der Waals surface area (Å²) in [5.41, 5.74) is 0.501. The Hall–Kier alpha value is -3.14. The van der Waals surface area contributed by atoms with Crippen molar-refractivity contribution in [1.29, 1.82) is 0 Å². The number of hydrogen-bond acceptors (Lipinski definition) is 4. The highest BCUT2D eigenvalue weighted by Crippen LogP contribution is 2.28. The van der Waals surface area contributed by atoms with Gasteiger partial charge in [-0.3, -0.25) is 13.9 Å². The first-order valence-corrected chi connectivity index (χ1v) is 14.1. The lowest BCUT2D eigenvalue weighted by Gasteiger charge is -2.32. The van der Waals surface area contributed by atoms with Crippen LogP contribution in [-0.2, 0) is 26.2 Å². The molecule has 0 fully saturated rings. The van der Waals surface area contributed by atoms with Gasteiger partial charge in [-0.05, 0) is 61.9 Å². The number of halogens is 3. The fourth-order valence-corrected chi connectivity index (χ4v) is 5.64. The number of nitrogens with zero attached hydrogens (tertiary/aromatic N) is 2. The van der Waals surface area contributed by atoms with Crippen LogP contribution in [0.25, 0.3) is 0 Å². The van der Waals surface area contributed by atoms with Crippen LogP contribution < -0.4 is 9.62 Å². The van der Waals surface area contributed by atoms with Gasteiger partial charge in [-0.25, -0.2) is 12.8 Å². The van der Waals surface area contributed by atoms with Gasteiger partial charge in [0.2, 0.25) is 11.8 Å². The fraction of sp³-hybridized carbons (Fsp3) is 0.259. The number of amides is 2. The molecule has 202 valence electrons. The van der Waals surface area contributed by atoms with Crippen molar-refractivity contribution in [2.75, 3.05) is 17.4 Å². The number of anilines is 1. The van der Waals surface area contributed by atoms with E-state index in [9.17, 15) is 22.4 Å². The monoisotopic (exact) mass is 579 g/mol. The molecule has 3 aromatic rings. The number of hydrogen-bond donors (Lipinski definition) is 1. The van der Waals surface area contributed by atoms with Crippen LogP contribution in [-0.4, -0.2) is 44.3 Å². The lowest BCUT2D eigenvalue weighted by molar-refractivity contribution is -0.139. The van der Waals surface area contributed by atoms with Crippen molar-refractivity contribution >= 4 is 50.7 Å². The molecule has 1 unspecified atom stereocenters. The first-order chi connectivity index (χ1) is 18.1. The Labute approximate surface area is 232 Å². The Morgan fingerprint density at radius 2 is 1.55 bits per heavy atom. The van der Waals surface area contributed by atoms with Gasteiger partial charge in [0.1, 0.15) is 18.4 Å². The van der Waals surface area contributed by atoms with Crippen molar-refractivity contribution in [2.45, 2.75) is 37.8 Å². The fourth-order valence-electron chi connectivity index (χ4n) is 3.69. The molecular weight excluding hydrogens is 552 g/mol. The van der Waals surface area contributed by atoms with Gasteiger partial charge in [-0.2, -0.15) is 0 Å². The van der Waals surface area contributed by atoms with Crippen LogP contribution in [0.15, 0.2) is 77.7 Å². The van der Waals surface area contributed by atoms with Crippen molar-refractivity contribution in [2.24, 2.45) is 0 Å². The lowest BCUT2D eigenvalue weighted by atomic mass is 10.1. The molecule has 7 nitrogen and oxygen atoms in total. The molecule has 3 rings (SSSR count). The van der Waals surface area contributed by atoms with Crippen LogP contribution in [0.3, 0.4) is 0 Å². The van der Waals surface area contributed by atoms with E-state index in [0.717, 1.165) is 16.4 Å². The zero-order valence-corrected chi connectivity index (χ0v) is 23.2. The number of carbonyl (C=O) groups is 2. The molecule has 0 aliphatic heterocycles. The molecule has 0 saturated heterocycles. The third-order valence-corrected chi connectivity index (χ3v) is 8.33. The van der Waals surface area contributed by atoms with E-state index in [4.69, 9.17) is 23.2 Å². The summed E-state index contributed by atoms with van der Waals surface area (Å²) >= 11 is 12.7. The molecule has 3 aromatic carbocycles. The number of benzene rings is 3. The summed E-state index contributed by atoms with van der Waals surface area (Å²) in [6.45, 7) is 3.05. The standard InChI is InChI=1S/C27H28Cl2FN3O4S/c1-3-16-31-27(35)19(2)32(17-23-24(28)10-7-11-25(23)29)26(34)18-33(21-14-12-20(30)13-15-21)38(36,37)22-8-5-4-6-9-22/h4-15,19H,3,16-18H2,1-2H3,(H,31,35). The van der Waals surface area contributed by atoms with Crippen molar-refractivity contribution in [3.63, 3.8) is 0 Å². The van der Waals surface area contributed by atoms with E-state index in [1.54, 1.807) is 43.3 Å². The Morgan fingerprint density at radius 3 is 2.13 bits per heavy atom. The molecule has 2 amide bonds. The van der Waals surface area contributed by atoms with Crippen molar-refractivity contribution in [1.82, 2.24) is 10.2 Å². The minimum atomic E-state index is -4.23. The zero-order valence-electron chi connectivity index (χ0n) is 20.9. The van der Waals surface area contributed by atoms with E-state index in [2.05, 4.69) is 5.32 Å². The number of sulfonamides is 1. The van der Waals surface area contributed by atoms with Crippen LogP contribution in [0, 0.1) is 5.82 Å². The maximum absolute atomic E-state index is 13.8. The second kappa shape index (κ2) is 13.1. The van der Waals surface area contributed by atoms with Gasteiger partial charge in [-0.15, -0.1) is 0 Å². The summed E-state index contributed by atoms with van der Waals surface area (Å²) in [4.78, 5) is 27.9. The molecule has 0 heterocycles. The van der Waals surface area contributed by atoms with Gasteiger partial charge in [0.25, 0.3) is 10.0 Å². The van der Waals surface area contributed by atoms with Crippen molar-refractivity contribution in [3.05, 3.63) is 94.2 Å². The van der Waals surface area contributed by atoms with E-state index < -0.39 is 40.2 Å². The molecule has 1 atom stereocenters. The van der Waals surface area contributed by atoms with E-state index in [-0.39, 0.29) is 17.1 Å². The summed E-state index contributed by atoms with van der Waals surface area (Å²) < 4.78 is 41.8. The van der Waals surface area contributed by atoms with Crippen molar-refractivity contribution < 1.29 is 22.4 Å². The SMILES string of the molecule is CCCNC(=O)C(C)N(Cc1c(Cl)cccc1Cl)C(=O)CN(c1ccc(F)cc1)S(=O)(=O)c1ccccc1. The van der Waals surface area contributed by atoms with Crippen LogP contribution in [0.1, 0.15) is 25.8 Å². The summed E-state index contributed by atoms with van der Waals surface area (Å²) in [7, 11) is -4.23. The second-order valence-electron chi connectivity index (χ2n) is 8.49. The lowest BCUT2D eigenvalue weighted by Crippen LogP contribution is -2.51. The minimum Gasteiger partial charge on any atom is -0.354 e. The summed E-state index contributed by atoms with van der Waals surface area (Å²) in [5.74, 6) is -1.65. The van der Waals surface area contributed by atoms with E-state index in [1.807, 2.05) is 6.92 Å². The maximum atomic E-state index is 13.8. The quantitative estimate of drug-likeness (QED) is 0.335. The molecule has 0 spiro atoms. The highest BCUT2D eigenvalue weighted by atomic mass is 35.5. The van der Waals surface area contributed by atoms with E-state index in [1.165, 1.54) is 29.2 Å². The molecule has 0 aliphatic carbocycles. The van der Waals surface area contributed by atoms with Gasteiger partial charge < -0.3 is 10.2 Å². The van der Waals surface area contributed by atoms with Gasteiger partial charge >= 0.3 is 0 Å². The molecule has 0 radical (unpaired) electrons. The molecule has 0 aromatic heterocycles. The zero-order chi connectivity index (χ0) is 27.9. The maximum Gasteiger partial charge on any atom is 0.264 e. The Morgan fingerprint density at radius 1 is 0.947 bits per heavy atom. The first kappa shape index (κ1) is 29.4. The molecule has 11 heteroatoms. The predicted molar refractivity (Wildman–Crippen MR) is 147 cm³/mol. The van der Waals surface area contributed by atoms with Crippen molar-refractivity contribution in [3.8, 4) is 0 Å². The third-order valence-electron chi connectivity index (χ3n) is 5.83. The average Bonchev–Trinajstić information content (AvgIpc) is 2.90. The molecule has 38 heavy (non-hydrogen) atoms. The van der Waals surface area contributed by atoms with Crippen LogP contribution >= 0.6 is 23.2 Å². The summed E-state index contributed by atoms with van der Waals surface area (Å²) in [6.07, 6.45) is 0.691. The highest BCUT2D eigenvalue weighted by molar-refractivity contribution is 7.92. The van der Waals surface area contributed by atoms with Gasteiger partial charge in [0.15, 0.2) is 0 Å². The Bertz CT molecular complexity index is 1350. The topological polar surface area (TPSA) is 86.8 Å². The van der Waals surface area contributed by atoms with Crippen LogP contribution in [0.4, 0.5) is 10.1 Å². The first-order valence-electron chi connectivity index (χ1n) is 11.9. The minimum absolute atomic E-state index is 0.0495. The normalized spacial score (nSPS) is 12.0. The van der Waals surface area contributed by atoms with Gasteiger partial charge in [-0.1, -0.05) is 54.4 Å². The highest BCUT2D eigenvalue weighted by Gasteiger charge is 2.33. The summed E-state index contributed by atoms with van der Waals surface area (Å²) in [5, 5.41) is 3.35. The van der Waals surface area contributed by atoms with E-state index in [0.29, 0.717) is 28.6 Å². The average molecular weight is 581 g/mol. The molecule has 1 N–H and O–H groups in total. The molecule has 0 aliphatic rings. The molecular formula is C27H28Cl2FN3O4S. The Kier molecular flexibility index (Phi) is 10.1. The Balaban J connectivity index is 2.04. The second-order valence-corrected chi connectivity index (χ2v) is 11.2. The van der Waals surface area contributed by atoms with Gasteiger partial charge in [0, 0.05) is 28.7 Å². The third kappa shape index (κ3) is 7.03.